The zero-order chi connectivity index (χ0) is 12.9. The Bertz CT molecular complexity index is 443. The van der Waals surface area contributed by atoms with E-state index < -0.39 is 18.2 Å². The van der Waals surface area contributed by atoms with E-state index in [2.05, 4.69) is 4.98 Å². The van der Waals surface area contributed by atoms with E-state index in [0.29, 0.717) is 5.89 Å². The minimum Gasteiger partial charge on any atom is -0.443 e. The molecular weight excluding hydrogens is 238 g/mol. The molecule has 6 heteroatoms. The highest BCUT2D eigenvalue weighted by Crippen LogP contribution is 2.44. The minimum absolute atomic E-state index is 0.261. The van der Waals surface area contributed by atoms with Crippen molar-refractivity contribution < 1.29 is 23.4 Å². The predicted octanol–water partition coefficient (Wildman–Crippen LogP) is 1.55. The summed E-state index contributed by atoms with van der Waals surface area (Å²) in [7, 11) is 1.58. The first-order valence-corrected chi connectivity index (χ1v) is 5.96. The number of aromatic nitrogens is 1. The molecule has 3 heterocycles. The van der Waals surface area contributed by atoms with Crippen LogP contribution in [0.4, 0.5) is 0 Å². The fraction of sp³-hybridized carbons (Fsp3) is 0.750. The summed E-state index contributed by atoms with van der Waals surface area (Å²) in [5.41, 5.74) is 0. The third-order valence-electron chi connectivity index (χ3n) is 3.13. The molecule has 0 bridgehead atoms. The van der Waals surface area contributed by atoms with Gasteiger partial charge in [0, 0.05) is 7.11 Å². The highest BCUT2D eigenvalue weighted by Gasteiger charge is 2.57. The van der Waals surface area contributed by atoms with Gasteiger partial charge in [-0.25, -0.2) is 4.98 Å². The normalized spacial score (nSPS) is 38.0. The molecule has 1 aromatic rings. The molecule has 0 spiro atoms. The molecule has 2 fully saturated rings. The van der Waals surface area contributed by atoms with Crippen molar-refractivity contribution in [2.24, 2.45) is 0 Å². The Morgan fingerprint density at radius 1 is 1.28 bits per heavy atom. The lowest BCUT2D eigenvalue weighted by atomic mass is 10.1. The van der Waals surface area contributed by atoms with Gasteiger partial charge in [-0.2, -0.15) is 0 Å². The maximum absolute atomic E-state index is 5.85. The fourth-order valence-electron chi connectivity index (χ4n) is 2.45. The van der Waals surface area contributed by atoms with Crippen LogP contribution in [0.15, 0.2) is 10.6 Å². The lowest BCUT2D eigenvalue weighted by Crippen LogP contribution is -2.30. The van der Waals surface area contributed by atoms with Crippen molar-refractivity contribution in [3.63, 3.8) is 0 Å². The zero-order valence-electron chi connectivity index (χ0n) is 10.9. The molecule has 1 aromatic heterocycles. The molecule has 0 saturated carbocycles. The number of oxazole rings is 1. The van der Waals surface area contributed by atoms with Gasteiger partial charge in [0.2, 0.25) is 5.89 Å². The van der Waals surface area contributed by atoms with Crippen LogP contribution < -0.4 is 0 Å². The molecule has 2 aliphatic rings. The van der Waals surface area contributed by atoms with Crippen molar-refractivity contribution in [3.05, 3.63) is 17.8 Å². The first-order valence-electron chi connectivity index (χ1n) is 5.96. The first-order chi connectivity index (χ1) is 8.50. The second kappa shape index (κ2) is 4.03. The van der Waals surface area contributed by atoms with Gasteiger partial charge in [0.1, 0.15) is 18.0 Å². The lowest BCUT2D eigenvalue weighted by Gasteiger charge is -2.22. The van der Waals surface area contributed by atoms with Crippen LogP contribution in [-0.4, -0.2) is 36.4 Å². The Morgan fingerprint density at radius 3 is 2.61 bits per heavy atom. The Hall–Kier alpha value is -0.950. The summed E-state index contributed by atoms with van der Waals surface area (Å²) in [6.45, 7) is 5.58. The number of rotatable bonds is 2. The number of hydrogen-bond acceptors (Lipinski definition) is 6. The lowest BCUT2D eigenvalue weighted by molar-refractivity contribution is -0.230. The average Bonchev–Trinajstić information content (AvgIpc) is 2.91. The van der Waals surface area contributed by atoms with E-state index in [9.17, 15) is 0 Å². The Balaban J connectivity index is 1.88. The molecule has 2 saturated heterocycles. The van der Waals surface area contributed by atoms with Crippen LogP contribution in [-0.2, 0) is 18.9 Å². The monoisotopic (exact) mass is 255 g/mol. The molecule has 6 nitrogen and oxygen atoms in total. The van der Waals surface area contributed by atoms with Crippen LogP contribution in [0.3, 0.4) is 0 Å². The molecule has 0 unspecified atom stereocenters. The van der Waals surface area contributed by atoms with Crippen molar-refractivity contribution in [2.45, 2.75) is 51.2 Å². The maximum atomic E-state index is 5.85. The van der Waals surface area contributed by atoms with Gasteiger partial charge in [-0.1, -0.05) is 0 Å². The molecule has 2 aliphatic heterocycles. The summed E-state index contributed by atoms with van der Waals surface area (Å²) in [5, 5.41) is 0. The third-order valence-corrected chi connectivity index (χ3v) is 3.13. The number of aryl methyl sites for hydroxylation is 1. The van der Waals surface area contributed by atoms with E-state index in [1.165, 1.54) is 0 Å². The van der Waals surface area contributed by atoms with Crippen LogP contribution in [0, 0.1) is 6.92 Å². The molecular formula is C12H17NO5. The zero-order valence-corrected chi connectivity index (χ0v) is 10.9. The van der Waals surface area contributed by atoms with Gasteiger partial charge in [-0.05, 0) is 20.8 Å². The molecule has 0 aromatic carbocycles. The van der Waals surface area contributed by atoms with E-state index in [1.54, 1.807) is 13.3 Å². The standard InChI is InChI=1S/C12H17NO5/c1-6-5-13-10(15-6)8-7-9(11(14-4)16-8)18-12(2,3)17-7/h5,7-9,11H,1-4H3/t7-,8+,9-,11-/m1/s1. The van der Waals surface area contributed by atoms with E-state index in [4.69, 9.17) is 23.4 Å². The molecule has 0 N–H and O–H groups in total. The molecule has 3 rings (SSSR count). The van der Waals surface area contributed by atoms with Crippen LogP contribution >= 0.6 is 0 Å². The number of fused-ring (bicyclic) bond motifs is 1. The number of nitrogens with zero attached hydrogens (tertiary/aromatic N) is 1. The average molecular weight is 255 g/mol. The van der Waals surface area contributed by atoms with Gasteiger partial charge in [-0.3, -0.25) is 0 Å². The van der Waals surface area contributed by atoms with E-state index >= 15 is 0 Å². The SMILES string of the molecule is CO[C@@H]1O[C@H](c2ncc(C)o2)[C@H]2OC(C)(C)O[C@@H]12. The summed E-state index contributed by atoms with van der Waals surface area (Å²) < 4.78 is 28.2. The van der Waals surface area contributed by atoms with Gasteiger partial charge in [0.15, 0.2) is 18.2 Å². The quantitative estimate of drug-likeness (QED) is 0.799. The largest absolute Gasteiger partial charge is 0.443 e. The van der Waals surface area contributed by atoms with E-state index in [-0.39, 0.29) is 12.2 Å². The summed E-state index contributed by atoms with van der Waals surface area (Å²) in [4.78, 5) is 4.19. The molecule has 0 aliphatic carbocycles. The third kappa shape index (κ3) is 1.85. The summed E-state index contributed by atoms with van der Waals surface area (Å²) in [6, 6.07) is 0. The predicted molar refractivity (Wildman–Crippen MR) is 59.7 cm³/mol. The van der Waals surface area contributed by atoms with Crippen molar-refractivity contribution in [1.82, 2.24) is 4.98 Å². The Morgan fingerprint density at radius 2 is 2.00 bits per heavy atom. The van der Waals surface area contributed by atoms with E-state index in [1.807, 2.05) is 20.8 Å². The van der Waals surface area contributed by atoms with Crippen LogP contribution in [0.1, 0.15) is 31.6 Å². The topological polar surface area (TPSA) is 63.0 Å². The fourth-order valence-corrected chi connectivity index (χ4v) is 2.45. The maximum Gasteiger partial charge on any atom is 0.226 e. The Labute approximate surface area is 105 Å². The smallest absolute Gasteiger partial charge is 0.226 e. The Kier molecular flexibility index (Phi) is 2.71. The molecule has 4 atom stereocenters. The van der Waals surface area contributed by atoms with Gasteiger partial charge < -0.3 is 23.4 Å². The van der Waals surface area contributed by atoms with Crippen LogP contribution in [0.5, 0.6) is 0 Å². The summed E-state index contributed by atoms with van der Waals surface area (Å²) in [6.07, 6.45) is 0.282. The van der Waals surface area contributed by atoms with Crippen molar-refractivity contribution in [3.8, 4) is 0 Å². The highest BCUT2D eigenvalue weighted by atomic mass is 16.8. The van der Waals surface area contributed by atoms with Gasteiger partial charge in [-0.15, -0.1) is 0 Å². The van der Waals surface area contributed by atoms with Gasteiger partial charge in [0.05, 0.1) is 6.20 Å². The van der Waals surface area contributed by atoms with Crippen LogP contribution in [0.2, 0.25) is 0 Å². The van der Waals surface area contributed by atoms with Crippen molar-refractivity contribution in [2.75, 3.05) is 7.11 Å². The van der Waals surface area contributed by atoms with E-state index in [0.717, 1.165) is 5.76 Å². The molecule has 0 amide bonds. The first kappa shape index (κ1) is 12.1. The summed E-state index contributed by atoms with van der Waals surface area (Å²) in [5.74, 6) is 0.600. The highest BCUT2D eigenvalue weighted by molar-refractivity contribution is 5.04. The number of methoxy groups -OCH3 is 1. The summed E-state index contributed by atoms with van der Waals surface area (Å²) >= 11 is 0. The second-order valence-electron chi connectivity index (χ2n) is 5.03. The second-order valence-corrected chi connectivity index (χ2v) is 5.03. The van der Waals surface area contributed by atoms with Gasteiger partial charge in [0.25, 0.3) is 0 Å². The van der Waals surface area contributed by atoms with Crippen LogP contribution in [0.25, 0.3) is 0 Å². The molecule has 0 radical (unpaired) electrons. The number of ether oxygens (including phenoxy) is 4. The van der Waals surface area contributed by atoms with Crippen molar-refractivity contribution >= 4 is 0 Å². The number of hydrogen-bond donors (Lipinski definition) is 0. The van der Waals surface area contributed by atoms with Crippen molar-refractivity contribution in [1.29, 1.82) is 0 Å². The minimum atomic E-state index is -0.643. The van der Waals surface area contributed by atoms with Gasteiger partial charge >= 0.3 is 0 Å². The molecule has 18 heavy (non-hydrogen) atoms. The molecule has 100 valence electrons.